The Hall–Kier alpha value is -3.75. The van der Waals surface area contributed by atoms with Gasteiger partial charge in [-0.3, -0.25) is 9.59 Å². The van der Waals surface area contributed by atoms with Crippen LogP contribution < -0.4 is 5.11 Å². The fourth-order valence-corrected chi connectivity index (χ4v) is 5.77. The molecule has 0 heterocycles. The maximum Gasteiger partial charge on any atom is 0.306 e. The minimum absolute atomic E-state index is 0.000549. The topological polar surface area (TPSA) is 102 Å². The number of carboxylic acid groups (broad SMARTS) is 1. The van der Waals surface area contributed by atoms with Crippen LogP contribution in [0.4, 0.5) is 0 Å². The number of esters is 2. The molecule has 0 radical (unpaired) electrons. The standard InChI is InChI=1S/C50H81NO7/c1-6-8-10-12-14-16-18-20-21-22-23-24-25-26-27-29-31-33-35-37-39-41-49(53)58-46(44-56-43-42-47(50(54)55)51(3,4)5)45-57-48(52)40-38-36-34-32-30-28-19-17-15-13-11-9-7-2/h8,10,14,16,20-21,23-24,26-28,30-31,33-34,36,46-47H,6-7,9,11-13,15,17-19,22,25,29,32,35,37-45H2,1-5H3/b10-8+,16-14+,21-20+,24-23+,27-26+,30-28+,33-31+,36-34+. The van der Waals surface area contributed by atoms with Gasteiger partial charge in [0.1, 0.15) is 12.6 Å². The molecule has 0 bridgehead atoms. The van der Waals surface area contributed by atoms with Crippen LogP contribution in [0.5, 0.6) is 0 Å². The van der Waals surface area contributed by atoms with Gasteiger partial charge in [-0.05, 0) is 83.5 Å². The molecule has 0 aromatic rings. The van der Waals surface area contributed by atoms with Crippen molar-refractivity contribution in [1.29, 1.82) is 0 Å². The summed E-state index contributed by atoms with van der Waals surface area (Å²) in [5.74, 6) is -1.89. The second kappa shape index (κ2) is 40.0. The Kier molecular flexibility index (Phi) is 37.5. The molecule has 58 heavy (non-hydrogen) atoms. The van der Waals surface area contributed by atoms with Gasteiger partial charge in [-0.2, -0.15) is 0 Å². The third kappa shape index (κ3) is 37.8. The average molecular weight is 808 g/mol. The Bertz CT molecular complexity index is 1260. The quantitative estimate of drug-likeness (QED) is 0.0265. The largest absolute Gasteiger partial charge is 0.544 e. The molecule has 2 atom stereocenters. The number of hydrogen-bond acceptors (Lipinski definition) is 7. The molecule has 0 saturated carbocycles. The van der Waals surface area contributed by atoms with Crippen molar-refractivity contribution in [2.75, 3.05) is 41.0 Å². The van der Waals surface area contributed by atoms with Gasteiger partial charge in [0.05, 0.1) is 40.3 Å². The zero-order valence-corrected chi connectivity index (χ0v) is 37.2. The Balaban J connectivity index is 4.51. The van der Waals surface area contributed by atoms with E-state index in [1.54, 1.807) is 21.1 Å². The summed E-state index contributed by atoms with van der Waals surface area (Å²) in [6.07, 6.45) is 53.1. The minimum Gasteiger partial charge on any atom is -0.544 e. The fraction of sp³-hybridized carbons (Fsp3) is 0.620. The van der Waals surface area contributed by atoms with Crippen LogP contribution in [0.2, 0.25) is 0 Å². The number of ether oxygens (including phenoxy) is 3. The lowest BCUT2D eigenvalue weighted by Gasteiger charge is -2.34. The summed E-state index contributed by atoms with van der Waals surface area (Å²) in [6.45, 7) is 4.40. The third-order valence-electron chi connectivity index (χ3n) is 9.22. The zero-order valence-electron chi connectivity index (χ0n) is 37.2. The van der Waals surface area contributed by atoms with Gasteiger partial charge in [-0.15, -0.1) is 0 Å². The summed E-state index contributed by atoms with van der Waals surface area (Å²) in [6, 6.07) is -0.746. The Morgan fingerprint density at radius 2 is 1.00 bits per heavy atom. The molecule has 0 saturated heterocycles. The van der Waals surface area contributed by atoms with E-state index in [0.717, 1.165) is 64.2 Å². The van der Waals surface area contributed by atoms with Crippen molar-refractivity contribution in [1.82, 2.24) is 0 Å². The summed E-state index contributed by atoms with van der Waals surface area (Å²) in [7, 11) is 5.36. The molecule has 0 aliphatic heterocycles. The van der Waals surface area contributed by atoms with Crippen molar-refractivity contribution in [3.63, 3.8) is 0 Å². The fourth-order valence-electron chi connectivity index (χ4n) is 5.77. The van der Waals surface area contributed by atoms with Crippen molar-refractivity contribution in [2.45, 2.75) is 161 Å². The molecular formula is C50H81NO7. The highest BCUT2D eigenvalue weighted by Crippen LogP contribution is 2.11. The Labute approximate surface area is 354 Å². The van der Waals surface area contributed by atoms with E-state index in [-0.39, 0.29) is 55.5 Å². The number of nitrogens with zero attached hydrogens (tertiary/aromatic N) is 1. The molecule has 2 unspecified atom stereocenters. The number of hydrogen-bond donors (Lipinski definition) is 0. The first kappa shape index (κ1) is 54.2. The van der Waals surface area contributed by atoms with Crippen LogP contribution in [-0.2, 0) is 28.6 Å². The number of allylic oxidation sites excluding steroid dienone is 16. The molecule has 0 fully saturated rings. The predicted molar refractivity (Wildman–Crippen MR) is 240 cm³/mol. The van der Waals surface area contributed by atoms with Crippen LogP contribution in [0, 0.1) is 0 Å². The first-order chi connectivity index (χ1) is 28.1. The summed E-state index contributed by atoms with van der Waals surface area (Å²) in [5.41, 5.74) is 0. The van der Waals surface area contributed by atoms with E-state index in [0.29, 0.717) is 12.8 Å². The van der Waals surface area contributed by atoms with Gasteiger partial charge in [-0.25, -0.2) is 0 Å². The number of carboxylic acids is 1. The van der Waals surface area contributed by atoms with Crippen molar-refractivity contribution in [3.8, 4) is 0 Å². The van der Waals surface area contributed by atoms with Gasteiger partial charge in [0.2, 0.25) is 0 Å². The van der Waals surface area contributed by atoms with Gasteiger partial charge >= 0.3 is 11.9 Å². The number of unbranched alkanes of at least 4 members (excludes halogenated alkanes) is 8. The number of carbonyl (C=O) groups excluding carboxylic acids is 3. The normalized spacial score (nSPS) is 13.9. The molecule has 0 aliphatic rings. The maximum absolute atomic E-state index is 12.7. The molecular weight excluding hydrogens is 727 g/mol. The van der Waals surface area contributed by atoms with E-state index < -0.39 is 18.1 Å². The Morgan fingerprint density at radius 1 is 0.534 bits per heavy atom. The molecule has 0 amide bonds. The summed E-state index contributed by atoms with van der Waals surface area (Å²) in [5, 5.41) is 11.6. The number of rotatable bonds is 38. The lowest BCUT2D eigenvalue weighted by molar-refractivity contribution is -0.889. The lowest BCUT2D eigenvalue weighted by Crippen LogP contribution is -2.55. The molecule has 328 valence electrons. The van der Waals surface area contributed by atoms with E-state index in [4.69, 9.17) is 14.2 Å². The van der Waals surface area contributed by atoms with Crippen LogP contribution in [0.1, 0.15) is 149 Å². The van der Waals surface area contributed by atoms with E-state index >= 15 is 0 Å². The van der Waals surface area contributed by atoms with E-state index in [9.17, 15) is 19.5 Å². The number of carbonyl (C=O) groups is 3. The van der Waals surface area contributed by atoms with Crippen LogP contribution in [0.3, 0.4) is 0 Å². The van der Waals surface area contributed by atoms with Crippen molar-refractivity contribution < 1.29 is 38.2 Å². The molecule has 8 heteroatoms. The van der Waals surface area contributed by atoms with Gasteiger partial charge in [-0.1, -0.05) is 143 Å². The van der Waals surface area contributed by atoms with Gasteiger partial charge in [0.15, 0.2) is 6.10 Å². The van der Waals surface area contributed by atoms with Gasteiger partial charge in [0, 0.05) is 19.3 Å². The molecule has 0 rings (SSSR count). The summed E-state index contributed by atoms with van der Waals surface area (Å²) < 4.78 is 17.0. The summed E-state index contributed by atoms with van der Waals surface area (Å²) in [4.78, 5) is 36.8. The zero-order chi connectivity index (χ0) is 42.8. The van der Waals surface area contributed by atoms with Crippen molar-refractivity contribution in [3.05, 3.63) is 97.2 Å². The smallest absolute Gasteiger partial charge is 0.306 e. The van der Waals surface area contributed by atoms with Crippen molar-refractivity contribution >= 4 is 17.9 Å². The number of quaternary nitrogens is 1. The number of likely N-dealkylation sites (N-methyl/N-ethyl adjacent to an activating group) is 1. The minimum atomic E-state index is -1.14. The highest BCUT2D eigenvalue weighted by Gasteiger charge is 2.25. The van der Waals surface area contributed by atoms with Gasteiger partial charge < -0.3 is 28.6 Å². The molecule has 8 nitrogen and oxygen atoms in total. The van der Waals surface area contributed by atoms with Crippen LogP contribution in [-0.4, -0.2) is 75.5 Å². The monoisotopic (exact) mass is 808 g/mol. The molecule has 0 aliphatic carbocycles. The lowest BCUT2D eigenvalue weighted by atomic mass is 10.1. The Morgan fingerprint density at radius 3 is 1.50 bits per heavy atom. The van der Waals surface area contributed by atoms with E-state index in [1.165, 1.54) is 38.5 Å². The third-order valence-corrected chi connectivity index (χ3v) is 9.22. The second-order valence-electron chi connectivity index (χ2n) is 15.5. The van der Waals surface area contributed by atoms with Crippen molar-refractivity contribution in [2.24, 2.45) is 0 Å². The molecule has 0 N–H and O–H groups in total. The second-order valence-corrected chi connectivity index (χ2v) is 15.5. The first-order valence-corrected chi connectivity index (χ1v) is 22.3. The van der Waals surface area contributed by atoms with E-state index in [1.807, 2.05) is 6.08 Å². The maximum atomic E-state index is 12.7. The highest BCUT2D eigenvalue weighted by atomic mass is 16.6. The van der Waals surface area contributed by atoms with Crippen LogP contribution in [0.25, 0.3) is 0 Å². The number of aliphatic carboxylic acids is 1. The molecule has 0 aromatic heterocycles. The SMILES string of the molecule is CC/C=C/C/C=C/C/C=C/C/C=C/C/C=C/C/C=C/CCCCC(=O)OC(COCCC(C(=O)[O-])[N+](C)(C)C)COC(=O)CC/C=C/C/C=C/CCCCCCCC. The molecule has 0 aromatic carbocycles. The van der Waals surface area contributed by atoms with Crippen LogP contribution in [0.15, 0.2) is 97.2 Å². The van der Waals surface area contributed by atoms with E-state index in [2.05, 4.69) is 105 Å². The summed E-state index contributed by atoms with van der Waals surface area (Å²) >= 11 is 0. The van der Waals surface area contributed by atoms with Crippen LogP contribution >= 0.6 is 0 Å². The highest BCUT2D eigenvalue weighted by molar-refractivity contribution is 5.70. The predicted octanol–water partition coefficient (Wildman–Crippen LogP) is 11.0. The average Bonchev–Trinajstić information content (AvgIpc) is 3.18. The molecule has 0 spiro atoms. The first-order valence-electron chi connectivity index (χ1n) is 22.3. The van der Waals surface area contributed by atoms with Gasteiger partial charge in [0.25, 0.3) is 0 Å².